The molecule has 0 fully saturated rings. The van der Waals surface area contributed by atoms with Crippen molar-refractivity contribution in [3.63, 3.8) is 0 Å². The molecule has 1 aromatic carbocycles. The minimum atomic E-state index is -0.340. The summed E-state index contributed by atoms with van der Waals surface area (Å²) >= 11 is 2.24. The predicted molar refractivity (Wildman–Crippen MR) is 98.2 cm³/mol. The highest BCUT2D eigenvalue weighted by Gasteiger charge is 2.38. The lowest BCUT2D eigenvalue weighted by Gasteiger charge is -2.27. The maximum absolute atomic E-state index is 12.6. The molecule has 0 aliphatic carbocycles. The Balaban J connectivity index is 1.92. The van der Waals surface area contributed by atoms with Gasteiger partial charge in [-0.15, -0.1) is 10.2 Å². The number of carbonyl (C=O) groups is 1. The van der Waals surface area contributed by atoms with E-state index in [1.54, 1.807) is 0 Å². The van der Waals surface area contributed by atoms with Gasteiger partial charge in [-0.25, -0.2) is 0 Å². The number of Topliss-reactive ketones (excluding diaryl/α,β-unsaturated/α-hetero) is 1. The number of nitrogens with zero attached hydrogens (tertiary/aromatic N) is 2. The summed E-state index contributed by atoms with van der Waals surface area (Å²) in [5.74, 6) is 0.415. The second-order valence-electron chi connectivity index (χ2n) is 6.47. The summed E-state index contributed by atoms with van der Waals surface area (Å²) in [5.41, 5.74) is 2.19. The van der Waals surface area contributed by atoms with Crippen LogP contribution in [0, 0.1) is 5.41 Å². The number of carbonyl (C=O) groups excluding carboxylic acids is 1. The third kappa shape index (κ3) is 4.15. The first kappa shape index (κ1) is 17.6. The van der Waals surface area contributed by atoms with Gasteiger partial charge in [0, 0.05) is 17.4 Å². The molecule has 0 saturated carbocycles. The fourth-order valence-electron chi connectivity index (χ4n) is 3.11. The molecule has 3 nitrogen and oxygen atoms in total. The third-order valence-electron chi connectivity index (χ3n) is 4.51. The van der Waals surface area contributed by atoms with Gasteiger partial charge in [0.15, 0.2) is 0 Å². The Bertz CT molecular complexity index is 539. The molecular weight excluding hydrogens is 387 g/mol. The number of alkyl halides is 1. The van der Waals surface area contributed by atoms with Crippen molar-refractivity contribution in [1.29, 1.82) is 0 Å². The van der Waals surface area contributed by atoms with Crippen molar-refractivity contribution in [2.24, 2.45) is 15.6 Å². The molecule has 0 saturated heterocycles. The molecule has 120 valence electrons. The highest BCUT2D eigenvalue weighted by Crippen LogP contribution is 2.46. The van der Waals surface area contributed by atoms with Crippen LogP contribution in [-0.4, -0.2) is 5.78 Å². The van der Waals surface area contributed by atoms with E-state index in [1.165, 1.54) is 5.56 Å². The fourth-order valence-corrected chi connectivity index (χ4v) is 3.58. The van der Waals surface area contributed by atoms with Gasteiger partial charge in [-0.1, -0.05) is 57.9 Å². The van der Waals surface area contributed by atoms with E-state index < -0.39 is 0 Å². The number of halogens is 1. The maximum Gasteiger partial charge on any atom is 0.264 e. The van der Waals surface area contributed by atoms with Gasteiger partial charge in [0.25, 0.3) is 3.67 Å². The normalized spacial score (nSPS) is 15.8. The van der Waals surface area contributed by atoms with Crippen molar-refractivity contribution in [1.82, 2.24) is 0 Å². The Morgan fingerprint density at radius 1 is 1.14 bits per heavy atom. The van der Waals surface area contributed by atoms with E-state index in [-0.39, 0.29) is 9.08 Å². The fraction of sp³-hybridized carbons (Fsp3) is 0.611. The first-order valence-corrected chi connectivity index (χ1v) is 9.27. The van der Waals surface area contributed by atoms with Crippen molar-refractivity contribution >= 4 is 28.4 Å². The smallest absolute Gasteiger partial charge is 0.264 e. The van der Waals surface area contributed by atoms with Gasteiger partial charge >= 0.3 is 0 Å². The zero-order valence-corrected chi connectivity index (χ0v) is 15.9. The van der Waals surface area contributed by atoms with Crippen LogP contribution < -0.4 is 0 Å². The van der Waals surface area contributed by atoms with Crippen LogP contribution in [0.2, 0.25) is 0 Å². The van der Waals surface area contributed by atoms with Crippen molar-refractivity contribution in [3.8, 4) is 0 Å². The summed E-state index contributed by atoms with van der Waals surface area (Å²) in [5, 5.41) is 8.08. The van der Waals surface area contributed by atoms with E-state index in [2.05, 4.69) is 77.9 Å². The Labute approximate surface area is 147 Å². The summed E-state index contributed by atoms with van der Waals surface area (Å²) in [7, 11) is 0. The van der Waals surface area contributed by atoms with Crippen molar-refractivity contribution < 1.29 is 4.79 Å². The molecule has 0 radical (unpaired) electrons. The zero-order chi connectivity index (χ0) is 16.2. The molecule has 0 N–H and O–H groups in total. The van der Waals surface area contributed by atoms with Crippen LogP contribution in [0.4, 0.5) is 0 Å². The lowest BCUT2D eigenvalue weighted by atomic mass is 9.76. The van der Waals surface area contributed by atoms with Gasteiger partial charge < -0.3 is 0 Å². The van der Waals surface area contributed by atoms with Crippen LogP contribution in [0.1, 0.15) is 64.0 Å². The average Bonchev–Trinajstić information content (AvgIpc) is 3.25. The van der Waals surface area contributed by atoms with E-state index in [9.17, 15) is 4.79 Å². The SMILES string of the molecule is CCCC(C)(CCC)C(=O)CCc1ccc(C2(I)N=N2)cc1. The molecule has 4 heteroatoms. The van der Waals surface area contributed by atoms with E-state index in [1.807, 2.05) is 0 Å². The molecule has 0 bridgehead atoms. The molecule has 1 aromatic rings. The number of hydrogen-bond acceptors (Lipinski definition) is 3. The number of hydrogen-bond donors (Lipinski definition) is 0. The second-order valence-corrected chi connectivity index (χ2v) is 7.97. The van der Waals surface area contributed by atoms with E-state index in [4.69, 9.17) is 0 Å². The van der Waals surface area contributed by atoms with Crippen molar-refractivity contribution in [3.05, 3.63) is 35.4 Å². The van der Waals surface area contributed by atoms with Crippen LogP contribution in [0.5, 0.6) is 0 Å². The van der Waals surface area contributed by atoms with Crippen LogP contribution in [0.3, 0.4) is 0 Å². The number of aryl methyl sites for hydroxylation is 1. The van der Waals surface area contributed by atoms with Crippen LogP contribution in [-0.2, 0) is 14.9 Å². The van der Waals surface area contributed by atoms with E-state index in [0.29, 0.717) is 12.2 Å². The van der Waals surface area contributed by atoms with Gasteiger partial charge in [0.1, 0.15) is 5.78 Å². The first-order chi connectivity index (χ1) is 10.4. The molecule has 2 rings (SSSR count). The van der Waals surface area contributed by atoms with Crippen LogP contribution in [0.15, 0.2) is 34.5 Å². The standard InChI is InChI=1S/C18H25IN2O/c1-4-12-17(3,13-5-2)16(22)11-8-14-6-9-15(10-7-14)18(19)20-21-18/h6-7,9-10H,4-5,8,11-13H2,1-3H3. The summed E-state index contributed by atoms with van der Waals surface area (Å²) in [6.45, 7) is 6.46. The minimum Gasteiger partial charge on any atom is -0.299 e. The van der Waals surface area contributed by atoms with Crippen LogP contribution in [0.25, 0.3) is 0 Å². The van der Waals surface area contributed by atoms with Crippen molar-refractivity contribution in [2.75, 3.05) is 0 Å². The van der Waals surface area contributed by atoms with Crippen molar-refractivity contribution in [2.45, 2.75) is 63.0 Å². The van der Waals surface area contributed by atoms with Gasteiger partial charge in [0.05, 0.1) is 0 Å². The summed E-state index contributed by atoms with van der Waals surface area (Å²) in [6.07, 6.45) is 5.60. The monoisotopic (exact) mass is 412 g/mol. The molecule has 1 heterocycles. The van der Waals surface area contributed by atoms with Gasteiger partial charge in [-0.3, -0.25) is 4.79 Å². The molecule has 0 atom stereocenters. The lowest BCUT2D eigenvalue weighted by Crippen LogP contribution is -2.28. The molecule has 0 spiro atoms. The molecule has 22 heavy (non-hydrogen) atoms. The molecule has 1 aliphatic heterocycles. The van der Waals surface area contributed by atoms with E-state index in [0.717, 1.165) is 37.7 Å². The van der Waals surface area contributed by atoms with Gasteiger partial charge in [0.2, 0.25) is 0 Å². The highest BCUT2D eigenvalue weighted by molar-refractivity contribution is 14.1. The first-order valence-electron chi connectivity index (χ1n) is 8.19. The number of benzene rings is 1. The highest BCUT2D eigenvalue weighted by atomic mass is 127. The maximum atomic E-state index is 12.6. The predicted octanol–water partition coefficient (Wildman–Crippen LogP) is 5.81. The Morgan fingerprint density at radius 3 is 2.14 bits per heavy atom. The molecule has 1 aliphatic rings. The Kier molecular flexibility index (Phi) is 5.75. The molecule has 0 amide bonds. The quantitative estimate of drug-likeness (QED) is 0.287. The Hall–Kier alpha value is -0.780. The van der Waals surface area contributed by atoms with Gasteiger partial charge in [-0.05, 0) is 47.4 Å². The average molecular weight is 412 g/mol. The largest absolute Gasteiger partial charge is 0.299 e. The summed E-state index contributed by atoms with van der Waals surface area (Å²) in [4.78, 5) is 12.6. The molecule has 0 unspecified atom stereocenters. The molecular formula is C18H25IN2O. The van der Waals surface area contributed by atoms with Gasteiger partial charge in [-0.2, -0.15) is 0 Å². The topological polar surface area (TPSA) is 41.8 Å². The number of rotatable bonds is 9. The Morgan fingerprint density at radius 2 is 1.68 bits per heavy atom. The minimum absolute atomic E-state index is 0.137. The summed E-state index contributed by atoms with van der Waals surface area (Å²) in [6, 6.07) is 8.35. The lowest BCUT2D eigenvalue weighted by molar-refractivity contribution is -0.128. The van der Waals surface area contributed by atoms with Crippen LogP contribution >= 0.6 is 22.6 Å². The molecule has 0 aromatic heterocycles. The second kappa shape index (κ2) is 7.20. The number of ketones is 1. The summed E-state index contributed by atoms with van der Waals surface area (Å²) < 4.78 is -0.340. The third-order valence-corrected chi connectivity index (χ3v) is 5.57. The van der Waals surface area contributed by atoms with E-state index >= 15 is 0 Å². The zero-order valence-electron chi connectivity index (χ0n) is 13.7.